The number of benzene rings is 1. The van der Waals surface area contributed by atoms with Gasteiger partial charge in [0.05, 0.1) is 6.61 Å². The number of carboxylic acid groups (broad SMARTS) is 1. The molecule has 1 aromatic rings. The molecule has 4 nitrogen and oxygen atoms in total. The quantitative estimate of drug-likeness (QED) is 0.748. The number of rotatable bonds is 7. The molecule has 0 saturated carbocycles. The van der Waals surface area contributed by atoms with E-state index < -0.39 is 12.0 Å². The molecular weight excluding hydrogens is 218 g/mol. The van der Waals surface area contributed by atoms with Crippen molar-refractivity contribution in [3.05, 3.63) is 35.4 Å². The minimum Gasteiger partial charge on any atom is -0.480 e. The molecule has 1 aromatic carbocycles. The summed E-state index contributed by atoms with van der Waals surface area (Å²) in [6.45, 7) is 2.86. The van der Waals surface area contributed by atoms with E-state index in [0.29, 0.717) is 6.54 Å². The largest absolute Gasteiger partial charge is 0.480 e. The van der Waals surface area contributed by atoms with Crippen molar-refractivity contribution < 1.29 is 14.6 Å². The Kier molecular flexibility index (Phi) is 5.66. The average Bonchev–Trinajstić information content (AvgIpc) is 2.28. The first kappa shape index (κ1) is 13.7. The third-order valence-electron chi connectivity index (χ3n) is 2.52. The Morgan fingerprint density at radius 2 is 2.29 bits per heavy atom. The number of hydrogen-bond donors (Lipinski definition) is 2. The molecule has 0 aliphatic heterocycles. The molecular formula is C13H19NO3. The first-order valence-electron chi connectivity index (χ1n) is 5.64. The maximum atomic E-state index is 10.8. The molecule has 0 fully saturated rings. The molecule has 1 atom stereocenters. The maximum absolute atomic E-state index is 10.8. The second-order valence-electron chi connectivity index (χ2n) is 4.04. The average molecular weight is 237 g/mol. The van der Waals surface area contributed by atoms with Crippen molar-refractivity contribution >= 4 is 5.97 Å². The number of nitrogens with one attached hydrogen (secondary N) is 1. The van der Waals surface area contributed by atoms with Crippen LogP contribution < -0.4 is 5.32 Å². The Bertz CT molecular complexity index is 365. The summed E-state index contributed by atoms with van der Waals surface area (Å²) >= 11 is 0. The van der Waals surface area contributed by atoms with Crippen molar-refractivity contribution in [3.8, 4) is 0 Å². The summed E-state index contributed by atoms with van der Waals surface area (Å²) in [5.41, 5.74) is 2.42. The minimum absolute atomic E-state index is 0.184. The van der Waals surface area contributed by atoms with Crippen LogP contribution in [-0.2, 0) is 16.0 Å². The molecule has 1 unspecified atom stereocenters. The Labute approximate surface area is 102 Å². The van der Waals surface area contributed by atoms with E-state index in [2.05, 4.69) is 11.4 Å². The smallest absolute Gasteiger partial charge is 0.323 e. The molecule has 0 bridgehead atoms. The number of aryl methyl sites for hydroxylation is 1. The van der Waals surface area contributed by atoms with Crippen LogP contribution in [0.2, 0.25) is 0 Å². The molecule has 17 heavy (non-hydrogen) atoms. The molecule has 0 aliphatic rings. The van der Waals surface area contributed by atoms with Crippen LogP contribution in [0.1, 0.15) is 11.1 Å². The van der Waals surface area contributed by atoms with Crippen molar-refractivity contribution in [1.82, 2.24) is 5.32 Å². The van der Waals surface area contributed by atoms with Gasteiger partial charge in [-0.3, -0.25) is 4.79 Å². The van der Waals surface area contributed by atoms with Gasteiger partial charge in [-0.05, 0) is 18.9 Å². The second kappa shape index (κ2) is 7.04. The van der Waals surface area contributed by atoms with Gasteiger partial charge >= 0.3 is 5.97 Å². The van der Waals surface area contributed by atoms with Crippen molar-refractivity contribution in [2.75, 3.05) is 20.3 Å². The van der Waals surface area contributed by atoms with Gasteiger partial charge in [0.2, 0.25) is 0 Å². The molecule has 0 saturated heterocycles. The molecule has 94 valence electrons. The summed E-state index contributed by atoms with van der Waals surface area (Å²) in [5.74, 6) is -0.879. The molecule has 0 spiro atoms. The summed E-state index contributed by atoms with van der Waals surface area (Å²) in [6, 6.07) is 7.56. The van der Waals surface area contributed by atoms with E-state index in [1.165, 1.54) is 18.2 Å². The van der Waals surface area contributed by atoms with Crippen LogP contribution in [0.15, 0.2) is 24.3 Å². The summed E-state index contributed by atoms with van der Waals surface area (Å²) in [7, 11) is 1.50. The highest BCUT2D eigenvalue weighted by molar-refractivity contribution is 5.73. The van der Waals surface area contributed by atoms with Crippen molar-refractivity contribution in [2.24, 2.45) is 0 Å². The molecule has 0 heterocycles. The SMILES string of the molecule is COCC(NCCc1cccc(C)c1)C(=O)O. The van der Waals surface area contributed by atoms with E-state index in [4.69, 9.17) is 9.84 Å². The first-order chi connectivity index (χ1) is 8.13. The van der Waals surface area contributed by atoms with E-state index in [-0.39, 0.29) is 6.61 Å². The van der Waals surface area contributed by atoms with Crippen LogP contribution >= 0.6 is 0 Å². The lowest BCUT2D eigenvalue weighted by molar-refractivity contribution is -0.140. The van der Waals surface area contributed by atoms with Gasteiger partial charge in [-0.25, -0.2) is 0 Å². The highest BCUT2D eigenvalue weighted by Gasteiger charge is 2.15. The van der Waals surface area contributed by atoms with Crippen LogP contribution in [0.5, 0.6) is 0 Å². The van der Waals surface area contributed by atoms with Crippen LogP contribution in [0.4, 0.5) is 0 Å². The molecule has 4 heteroatoms. The third kappa shape index (κ3) is 4.97. The standard InChI is InChI=1S/C13H19NO3/c1-10-4-3-5-11(8-10)6-7-14-12(9-17-2)13(15)16/h3-5,8,12,14H,6-7,9H2,1-2H3,(H,15,16). The van der Waals surface area contributed by atoms with Crippen LogP contribution in [0, 0.1) is 6.92 Å². The third-order valence-corrected chi connectivity index (χ3v) is 2.52. The van der Waals surface area contributed by atoms with Gasteiger partial charge in [-0.1, -0.05) is 29.8 Å². The monoisotopic (exact) mass is 237 g/mol. The van der Waals surface area contributed by atoms with Gasteiger partial charge in [-0.15, -0.1) is 0 Å². The minimum atomic E-state index is -0.879. The summed E-state index contributed by atoms with van der Waals surface area (Å²) in [4.78, 5) is 10.8. The van der Waals surface area contributed by atoms with Crippen molar-refractivity contribution in [1.29, 1.82) is 0 Å². The number of methoxy groups -OCH3 is 1. The zero-order chi connectivity index (χ0) is 12.7. The van der Waals surface area contributed by atoms with E-state index in [1.54, 1.807) is 0 Å². The molecule has 2 N–H and O–H groups in total. The van der Waals surface area contributed by atoms with Gasteiger partial charge < -0.3 is 15.2 Å². The fourth-order valence-corrected chi connectivity index (χ4v) is 1.64. The van der Waals surface area contributed by atoms with E-state index in [9.17, 15) is 4.79 Å². The Hall–Kier alpha value is -1.39. The highest BCUT2D eigenvalue weighted by atomic mass is 16.5. The lowest BCUT2D eigenvalue weighted by atomic mass is 10.1. The van der Waals surface area contributed by atoms with Gasteiger partial charge in [0.25, 0.3) is 0 Å². The van der Waals surface area contributed by atoms with Gasteiger partial charge in [0.15, 0.2) is 0 Å². The van der Waals surface area contributed by atoms with E-state index >= 15 is 0 Å². The molecule has 0 aliphatic carbocycles. The summed E-state index contributed by atoms with van der Waals surface area (Å²) < 4.78 is 4.84. The van der Waals surface area contributed by atoms with Crippen molar-refractivity contribution in [3.63, 3.8) is 0 Å². The number of carboxylic acids is 1. The first-order valence-corrected chi connectivity index (χ1v) is 5.64. The number of aliphatic carboxylic acids is 1. The number of carbonyl (C=O) groups is 1. The fourth-order valence-electron chi connectivity index (χ4n) is 1.64. The Morgan fingerprint density at radius 1 is 1.53 bits per heavy atom. The second-order valence-corrected chi connectivity index (χ2v) is 4.04. The van der Waals surface area contributed by atoms with Crippen LogP contribution in [0.3, 0.4) is 0 Å². The molecule has 1 rings (SSSR count). The van der Waals surface area contributed by atoms with E-state index in [0.717, 1.165) is 6.42 Å². The summed E-state index contributed by atoms with van der Waals surface area (Å²) in [5, 5.41) is 11.9. The van der Waals surface area contributed by atoms with Crippen LogP contribution in [0.25, 0.3) is 0 Å². The zero-order valence-corrected chi connectivity index (χ0v) is 10.3. The molecule has 0 amide bonds. The topological polar surface area (TPSA) is 58.6 Å². The van der Waals surface area contributed by atoms with Crippen LogP contribution in [-0.4, -0.2) is 37.4 Å². The van der Waals surface area contributed by atoms with Crippen molar-refractivity contribution in [2.45, 2.75) is 19.4 Å². The molecule has 0 aromatic heterocycles. The summed E-state index contributed by atoms with van der Waals surface area (Å²) in [6.07, 6.45) is 0.815. The van der Waals surface area contributed by atoms with E-state index in [1.807, 2.05) is 25.1 Å². The zero-order valence-electron chi connectivity index (χ0n) is 10.3. The Morgan fingerprint density at radius 3 is 2.88 bits per heavy atom. The highest BCUT2D eigenvalue weighted by Crippen LogP contribution is 2.04. The lowest BCUT2D eigenvalue weighted by Gasteiger charge is -2.13. The normalized spacial score (nSPS) is 12.4. The molecule has 0 radical (unpaired) electrons. The van der Waals surface area contributed by atoms with Gasteiger partial charge in [0, 0.05) is 13.7 Å². The number of ether oxygens (including phenoxy) is 1. The van der Waals surface area contributed by atoms with Gasteiger partial charge in [-0.2, -0.15) is 0 Å². The Balaban J connectivity index is 2.38. The fraction of sp³-hybridized carbons (Fsp3) is 0.462. The lowest BCUT2D eigenvalue weighted by Crippen LogP contribution is -2.41. The maximum Gasteiger partial charge on any atom is 0.323 e. The number of hydrogen-bond acceptors (Lipinski definition) is 3. The van der Waals surface area contributed by atoms with Gasteiger partial charge in [0.1, 0.15) is 6.04 Å². The predicted octanol–water partition coefficient (Wildman–Crippen LogP) is 1.23. The predicted molar refractivity (Wildman–Crippen MR) is 66.2 cm³/mol.